The third-order valence-corrected chi connectivity index (χ3v) is 15.3. The van der Waals surface area contributed by atoms with E-state index in [4.69, 9.17) is 41.8 Å². The van der Waals surface area contributed by atoms with Gasteiger partial charge in [-0.25, -0.2) is 28.7 Å². The number of imidazole rings is 2. The van der Waals surface area contributed by atoms with Crippen LogP contribution in [0.3, 0.4) is 0 Å². The predicted molar refractivity (Wildman–Crippen MR) is 296 cm³/mol. The van der Waals surface area contributed by atoms with Gasteiger partial charge in [0.05, 0.1) is 59.2 Å². The molecule has 84 heavy (non-hydrogen) atoms. The van der Waals surface area contributed by atoms with Crippen molar-refractivity contribution in [1.82, 2.24) is 39.0 Å². The largest absolute Gasteiger partial charge is 0.695 e. The molecule has 2 fully saturated rings. The molecule has 0 saturated carbocycles. The van der Waals surface area contributed by atoms with Crippen LogP contribution in [0.2, 0.25) is 0 Å². The summed E-state index contributed by atoms with van der Waals surface area (Å²) in [5.74, 6) is -0.605. The first-order valence-electron chi connectivity index (χ1n) is 26.0. The molecule has 0 spiro atoms. The Morgan fingerprint density at radius 2 is 1.40 bits per heavy atom. The summed E-state index contributed by atoms with van der Waals surface area (Å²) in [4.78, 5) is 72.9. The van der Waals surface area contributed by atoms with Crippen molar-refractivity contribution < 1.29 is 69.6 Å². The van der Waals surface area contributed by atoms with Crippen molar-refractivity contribution >= 4 is 62.8 Å². The van der Waals surface area contributed by atoms with Gasteiger partial charge in [0.1, 0.15) is 41.7 Å². The number of hydrogen-bond acceptors (Lipinski definition) is 19. The molecule has 2 unspecified atom stereocenters. The van der Waals surface area contributed by atoms with Gasteiger partial charge in [-0.15, -0.1) is 9.42 Å². The van der Waals surface area contributed by atoms with E-state index in [1.165, 1.54) is 17.2 Å². The number of anilines is 2. The summed E-state index contributed by atoms with van der Waals surface area (Å²) in [7, 11) is -3.20. The summed E-state index contributed by atoms with van der Waals surface area (Å²) >= 11 is 0. The fraction of sp³-hybridized carbons (Fsp3) is 0.327. The minimum atomic E-state index is -3.47. The second-order valence-electron chi connectivity index (χ2n) is 19.2. The van der Waals surface area contributed by atoms with Crippen molar-refractivity contribution in [2.24, 2.45) is 5.92 Å². The number of H-pyrrole nitrogens is 1. The van der Waals surface area contributed by atoms with Crippen molar-refractivity contribution in [3.8, 4) is 17.6 Å². The van der Waals surface area contributed by atoms with Crippen molar-refractivity contribution in [2.75, 3.05) is 44.7 Å². The lowest BCUT2D eigenvalue weighted by molar-refractivity contribution is -0.118. The van der Waals surface area contributed by atoms with E-state index in [1.54, 1.807) is 82.7 Å². The molecule has 6 heterocycles. The van der Waals surface area contributed by atoms with Crippen LogP contribution in [0.4, 0.5) is 20.5 Å². The van der Waals surface area contributed by atoms with E-state index >= 15 is 8.78 Å². The van der Waals surface area contributed by atoms with Crippen LogP contribution in [-0.2, 0) is 47.3 Å². The third kappa shape index (κ3) is 12.4. The van der Waals surface area contributed by atoms with E-state index in [0.717, 1.165) is 10.9 Å². The third-order valence-electron chi connectivity index (χ3n) is 13.7. The van der Waals surface area contributed by atoms with Crippen molar-refractivity contribution in [3.05, 3.63) is 161 Å². The predicted octanol–water partition coefficient (Wildman–Crippen LogP) is 7.90. The molecule has 2 amide bonds. The Balaban J connectivity index is 0.995. The van der Waals surface area contributed by atoms with Crippen LogP contribution >= 0.6 is 16.9 Å². The molecular weight excluding hydrogens is 1140 g/mol. The molecule has 25 nitrogen and oxygen atoms in total. The molecule has 4 aromatic carbocycles. The zero-order valence-corrected chi connectivity index (χ0v) is 46.9. The van der Waals surface area contributed by atoms with Gasteiger partial charge in [0.2, 0.25) is 11.9 Å². The van der Waals surface area contributed by atoms with Gasteiger partial charge in [-0.3, -0.25) is 33.8 Å². The minimum Gasteiger partial charge on any atom is -0.497 e. The van der Waals surface area contributed by atoms with Gasteiger partial charge in [0.15, 0.2) is 59.0 Å². The molecule has 29 heteroatoms. The number of benzene rings is 4. The highest BCUT2D eigenvalue weighted by Crippen LogP contribution is 2.50. The Hall–Kier alpha value is -8.12. The fourth-order valence-corrected chi connectivity index (χ4v) is 11.1. The Morgan fingerprint density at radius 3 is 2.04 bits per heavy atom. The fourth-order valence-electron chi connectivity index (χ4n) is 9.56. The van der Waals surface area contributed by atoms with Gasteiger partial charge in [-0.1, -0.05) is 86.6 Å². The molecule has 2 aliphatic heterocycles. The maximum Gasteiger partial charge on any atom is 0.695 e. The smallest absolute Gasteiger partial charge is 0.497 e. The molecule has 2 aliphatic rings. The summed E-state index contributed by atoms with van der Waals surface area (Å²) in [5.41, 5.74) is -0.281. The van der Waals surface area contributed by atoms with Gasteiger partial charge in [-0.05, 0) is 53.1 Å². The molecule has 10 rings (SSSR count). The molecule has 4 N–H and O–H groups in total. The number of nitrogens with zero attached hydrogens (tertiary/aromatic N) is 8. The van der Waals surface area contributed by atoms with E-state index in [0.29, 0.717) is 33.8 Å². The lowest BCUT2D eigenvalue weighted by Crippen LogP contribution is -2.40. The van der Waals surface area contributed by atoms with Gasteiger partial charge >= 0.3 is 16.9 Å². The number of nitrogens with one attached hydrogen (secondary N) is 3. The average Bonchev–Trinajstić information content (AvgIpc) is 2.91. The lowest BCUT2D eigenvalue weighted by atomic mass is 9.80. The van der Waals surface area contributed by atoms with Crippen LogP contribution in [0.1, 0.15) is 59.8 Å². The standard InChI is InChI=1S/C55H53F2N11O14P2/c1-31(2)49(69)65-54-64-48-43(51(71)66-54)62-30-68(48)53-45(81-83(72)73)40(56)38(79-53)27-78-84(77-25-11-24-58)82-44-39(80-52(41(44)57)67-29-61-42-46(59-28-60-47(42)67)63-50(70)32-12-7-5-8-13-32)26-76-55(33-14-9-6-10-15-33,34-16-20-36(74-3)21-17-34)35-18-22-37(75-4)23-19-35/h5-10,12-23,28-31,38-41,44-45,52-53H,11,25-27H2,1-4H3,(H3-,59,60,63,64,65,66,69,70,71,72,73)/p+1/t38-,39-,40-,41-,44-,45+,52-,53-,84?/m1/s1. The van der Waals surface area contributed by atoms with E-state index in [2.05, 4.69) is 40.5 Å². The first-order chi connectivity index (χ1) is 40.7. The first kappa shape index (κ1) is 59.1. The maximum atomic E-state index is 18.0. The number of carbonyl (C=O) groups excluding carboxylic acids is 2. The van der Waals surface area contributed by atoms with E-state index in [-0.39, 0.29) is 47.1 Å². The number of nitriles is 1. The Labute approximate surface area is 479 Å². The van der Waals surface area contributed by atoms with Crippen LogP contribution in [-0.4, -0.2) is 127 Å². The second kappa shape index (κ2) is 26.2. The van der Waals surface area contributed by atoms with Crippen LogP contribution in [0.25, 0.3) is 22.3 Å². The minimum absolute atomic E-state index is 0.0233. The van der Waals surface area contributed by atoms with Crippen LogP contribution in [0, 0.1) is 17.2 Å². The average molecular weight is 1190 g/mol. The number of alkyl halides is 2. The number of fused-ring (bicyclic) bond motifs is 2. The molecule has 2 saturated heterocycles. The van der Waals surface area contributed by atoms with Gasteiger partial charge in [-0.2, -0.15) is 10.2 Å². The molecule has 0 radical (unpaired) electrons. The Bertz CT molecular complexity index is 3670. The van der Waals surface area contributed by atoms with E-state index in [1.807, 2.05) is 60.7 Å². The zero-order valence-electron chi connectivity index (χ0n) is 45.1. The summed E-state index contributed by atoms with van der Waals surface area (Å²) in [5, 5.41) is 14.8. The van der Waals surface area contributed by atoms with E-state index in [9.17, 15) is 29.1 Å². The second-order valence-corrected chi connectivity index (χ2v) is 21.1. The normalized spacial score (nSPS) is 21.1. The highest BCUT2D eigenvalue weighted by atomic mass is 31.2. The quantitative estimate of drug-likeness (QED) is 0.0254. The first-order valence-corrected chi connectivity index (χ1v) is 28.3. The highest BCUT2D eigenvalue weighted by Gasteiger charge is 2.54. The number of rotatable bonds is 24. The number of carbonyl (C=O) groups is 2. The molecule has 10 atom stereocenters. The van der Waals surface area contributed by atoms with Crippen molar-refractivity contribution in [2.45, 2.75) is 75.1 Å². The van der Waals surface area contributed by atoms with Gasteiger partial charge in [0, 0.05) is 16.0 Å². The molecule has 4 aromatic heterocycles. The van der Waals surface area contributed by atoms with Gasteiger partial charge < -0.3 is 42.6 Å². The van der Waals surface area contributed by atoms with Crippen molar-refractivity contribution in [3.63, 3.8) is 0 Å². The van der Waals surface area contributed by atoms with Crippen LogP contribution < -0.4 is 25.7 Å². The molecule has 0 aliphatic carbocycles. The lowest BCUT2D eigenvalue weighted by Gasteiger charge is -2.37. The number of halogens is 2. The summed E-state index contributed by atoms with van der Waals surface area (Å²) < 4.78 is 104. The number of amides is 2. The van der Waals surface area contributed by atoms with E-state index < -0.39 is 108 Å². The number of methoxy groups -OCH3 is 2. The highest BCUT2D eigenvalue weighted by molar-refractivity contribution is 7.41. The molecule has 8 aromatic rings. The number of hydrogen-bond donors (Lipinski definition) is 4. The van der Waals surface area contributed by atoms with Crippen LogP contribution in [0.15, 0.2) is 133 Å². The number of aromatic amines is 1. The molecule has 0 bridgehead atoms. The zero-order chi connectivity index (χ0) is 59.1. The summed E-state index contributed by atoms with van der Waals surface area (Å²) in [6.45, 7) is 1.76. The topological polar surface area (TPSA) is 310 Å². The molecular formula is C55H54F2N11O14P2+. The Morgan fingerprint density at radius 1 is 0.786 bits per heavy atom. The summed E-state index contributed by atoms with van der Waals surface area (Å²) in [6.07, 6.45) is -10.8. The number of aromatic nitrogens is 8. The maximum absolute atomic E-state index is 18.0. The van der Waals surface area contributed by atoms with Crippen molar-refractivity contribution in [1.29, 1.82) is 5.26 Å². The Kier molecular flexibility index (Phi) is 18.4. The molecule has 436 valence electrons. The monoisotopic (exact) mass is 1190 g/mol. The summed E-state index contributed by atoms with van der Waals surface area (Å²) in [6, 6.07) is 34.1. The van der Waals surface area contributed by atoms with Crippen LogP contribution in [0.5, 0.6) is 11.5 Å². The number of ether oxygens (including phenoxy) is 5. The SMILES string of the molecule is COc1ccc(C(OC[C@H]2O[C@@H](n3cnc4c(NC(=O)c5ccccc5)ncnc43)[C@H](F)[C@@H]2OP(OCCC#N)OC[C@H]2O[C@@H](n3cnc4c(=O)[nH]c(NC(=O)C(C)C)nc43)[C@@H](O[P+](=O)O)[C@@H]2F)(c2ccccc2)c2ccc(OC)cc2)cc1. The van der Waals surface area contributed by atoms with Gasteiger partial charge in [0.25, 0.3) is 11.5 Å².